The van der Waals surface area contributed by atoms with Crippen LogP contribution in [0.1, 0.15) is 71.6 Å². The van der Waals surface area contributed by atoms with E-state index < -0.39 is 0 Å². The van der Waals surface area contributed by atoms with Crippen LogP contribution in [0.15, 0.2) is 0 Å². The van der Waals surface area contributed by atoms with Crippen molar-refractivity contribution in [1.82, 2.24) is 10.6 Å². The Labute approximate surface area is 113 Å². The van der Waals surface area contributed by atoms with Crippen LogP contribution in [0.25, 0.3) is 0 Å². The van der Waals surface area contributed by atoms with Gasteiger partial charge < -0.3 is 10.6 Å². The maximum Gasteiger partial charge on any atom is 0.219 e. The van der Waals surface area contributed by atoms with Gasteiger partial charge in [0.25, 0.3) is 0 Å². The van der Waals surface area contributed by atoms with Gasteiger partial charge in [-0.2, -0.15) is 0 Å². The lowest BCUT2D eigenvalue weighted by atomic mass is 10.1. The van der Waals surface area contributed by atoms with E-state index in [0.717, 1.165) is 32.5 Å². The van der Waals surface area contributed by atoms with Crippen LogP contribution in [-0.4, -0.2) is 25.5 Å². The van der Waals surface area contributed by atoms with Crippen LogP contribution >= 0.6 is 0 Å². The molecular formula is C15H32N2O. The first-order valence-electron chi connectivity index (χ1n) is 7.78. The SMILES string of the molecule is CCCCCCCCCC(=O)NCCCNCC. The van der Waals surface area contributed by atoms with Crippen molar-refractivity contribution in [3.8, 4) is 0 Å². The largest absolute Gasteiger partial charge is 0.356 e. The van der Waals surface area contributed by atoms with Crippen LogP contribution in [0.5, 0.6) is 0 Å². The molecule has 0 heterocycles. The molecule has 2 N–H and O–H groups in total. The molecule has 0 aromatic carbocycles. The molecule has 0 saturated heterocycles. The van der Waals surface area contributed by atoms with Gasteiger partial charge in [0.1, 0.15) is 0 Å². The Hall–Kier alpha value is -0.570. The first-order chi connectivity index (χ1) is 8.81. The summed E-state index contributed by atoms with van der Waals surface area (Å²) in [7, 11) is 0. The molecule has 0 atom stereocenters. The van der Waals surface area contributed by atoms with Gasteiger partial charge in [-0.1, -0.05) is 52.4 Å². The summed E-state index contributed by atoms with van der Waals surface area (Å²) in [5.74, 6) is 0.222. The first-order valence-corrected chi connectivity index (χ1v) is 7.78. The molecule has 0 fully saturated rings. The molecule has 0 aliphatic carbocycles. The van der Waals surface area contributed by atoms with Crippen molar-refractivity contribution in [3.05, 3.63) is 0 Å². The predicted octanol–water partition coefficient (Wildman–Crippen LogP) is 3.24. The highest BCUT2D eigenvalue weighted by Gasteiger charge is 1.99. The molecule has 0 bridgehead atoms. The predicted molar refractivity (Wildman–Crippen MR) is 78.8 cm³/mol. The molecule has 0 aromatic rings. The van der Waals surface area contributed by atoms with Crippen LogP contribution in [0.2, 0.25) is 0 Å². The molecule has 0 aromatic heterocycles. The van der Waals surface area contributed by atoms with E-state index in [1.807, 2.05) is 0 Å². The van der Waals surface area contributed by atoms with Gasteiger partial charge in [-0.25, -0.2) is 0 Å². The van der Waals surface area contributed by atoms with E-state index in [4.69, 9.17) is 0 Å². The van der Waals surface area contributed by atoms with Crippen LogP contribution in [0, 0.1) is 0 Å². The molecule has 0 aliphatic rings. The first kappa shape index (κ1) is 17.4. The Morgan fingerprint density at radius 3 is 2.17 bits per heavy atom. The maximum absolute atomic E-state index is 11.5. The second-order valence-electron chi connectivity index (χ2n) is 4.93. The van der Waals surface area contributed by atoms with Gasteiger partial charge in [0, 0.05) is 13.0 Å². The van der Waals surface area contributed by atoms with Crippen LogP contribution < -0.4 is 10.6 Å². The van der Waals surface area contributed by atoms with E-state index >= 15 is 0 Å². The summed E-state index contributed by atoms with van der Waals surface area (Å²) < 4.78 is 0. The van der Waals surface area contributed by atoms with Crippen LogP contribution in [0.4, 0.5) is 0 Å². The highest BCUT2D eigenvalue weighted by molar-refractivity contribution is 5.75. The Kier molecular flexibility index (Phi) is 14.0. The minimum absolute atomic E-state index is 0.222. The summed E-state index contributed by atoms with van der Waals surface area (Å²) >= 11 is 0. The fraction of sp³-hybridized carbons (Fsp3) is 0.933. The van der Waals surface area contributed by atoms with E-state index in [2.05, 4.69) is 24.5 Å². The Bertz CT molecular complexity index is 183. The summed E-state index contributed by atoms with van der Waals surface area (Å²) in [5, 5.41) is 6.22. The zero-order valence-electron chi connectivity index (χ0n) is 12.4. The molecule has 3 nitrogen and oxygen atoms in total. The van der Waals surface area contributed by atoms with Gasteiger partial charge in [0.05, 0.1) is 0 Å². The van der Waals surface area contributed by atoms with Gasteiger partial charge in [-0.05, 0) is 25.9 Å². The summed E-state index contributed by atoms with van der Waals surface area (Å²) in [4.78, 5) is 11.5. The Balaban J connectivity index is 3.12. The van der Waals surface area contributed by atoms with Crippen molar-refractivity contribution in [2.24, 2.45) is 0 Å². The number of amides is 1. The van der Waals surface area contributed by atoms with Crippen molar-refractivity contribution in [2.45, 2.75) is 71.6 Å². The molecule has 3 heteroatoms. The van der Waals surface area contributed by atoms with Crippen molar-refractivity contribution >= 4 is 5.91 Å². The molecule has 0 aliphatic heterocycles. The molecule has 1 amide bonds. The number of rotatable bonds is 13. The third-order valence-corrected chi connectivity index (χ3v) is 3.11. The third kappa shape index (κ3) is 13.5. The molecule has 108 valence electrons. The number of carbonyl (C=O) groups is 1. The van der Waals surface area contributed by atoms with Crippen molar-refractivity contribution in [1.29, 1.82) is 0 Å². The molecular weight excluding hydrogens is 224 g/mol. The quantitative estimate of drug-likeness (QED) is 0.497. The fourth-order valence-corrected chi connectivity index (χ4v) is 1.95. The minimum atomic E-state index is 0.222. The van der Waals surface area contributed by atoms with Crippen molar-refractivity contribution in [2.75, 3.05) is 19.6 Å². The lowest BCUT2D eigenvalue weighted by molar-refractivity contribution is -0.121. The fourth-order valence-electron chi connectivity index (χ4n) is 1.95. The number of hydrogen-bond acceptors (Lipinski definition) is 2. The average Bonchev–Trinajstić information content (AvgIpc) is 2.37. The number of hydrogen-bond donors (Lipinski definition) is 2. The normalized spacial score (nSPS) is 10.6. The highest BCUT2D eigenvalue weighted by atomic mass is 16.1. The highest BCUT2D eigenvalue weighted by Crippen LogP contribution is 2.08. The number of nitrogens with one attached hydrogen (secondary N) is 2. The smallest absolute Gasteiger partial charge is 0.219 e. The average molecular weight is 256 g/mol. The van der Waals surface area contributed by atoms with Crippen molar-refractivity contribution < 1.29 is 4.79 Å². The topological polar surface area (TPSA) is 41.1 Å². The zero-order valence-corrected chi connectivity index (χ0v) is 12.4. The Morgan fingerprint density at radius 2 is 1.50 bits per heavy atom. The van der Waals surface area contributed by atoms with E-state index in [1.165, 1.54) is 38.5 Å². The molecule has 0 radical (unpaired) electrons. The molecule has 0 unspecified atom stereocenters. The van der Waals surface area contributed by atoms with E-state index in [-0.39, 0.29) is 5.91 Å². The van der Waals surface area contributed by atoms with Gasteiger partial charge in [0.2, 0.25) is 5.91 Å². The lowest BCUT2D eigenvalue weighted by Crippen LogP contribution is -2.27. The lowest BCUT2D eigenvalue weighted by Gasteiger charge is -2.05. The van der Waals surface area contributed by atoms with Gasteiger partial charge in [0.15, 0.2) is 0 Å². The second kappa shape index (κ2) is 14.5. The monoisotopic (exact) mass is 256 g/mol. The molecule has 18 heavy (non-hydrogen) atoms. The summed E-state index contributed by atoms with van der Waals surface area (Å²) in [5.41, 5.74) is 0. The minimum Gasteiger partial charge on any atom is -0.356 e. The van der Waals surface area contributed by atoms with Crippen molar-refractivity contribution in [3.63, 3.8) is 0 Å². The zero-order chi connectivity index (χ0) is 13.5. The standard InChI is InChI=1S/C15H32N2O/c1-3-5-6-7-8-9-10-12-15(18)17-14-11-13-16-4-2/h16H,3-14H2,1-2H3,(H,17,18). The second-order valence-corrected chi connectivity index (χ2v) is 4.93. The van der Waals surface area contributed by atoms with Gasteiger partial charge in [-0.3, -0.25) is 4.79 Å². The Morgan fingerprint density at radius 1 is 0.833 bits per heavy atom. The van der Waals surface area contributed by atoms with Gasteiger partial charge >= 0.3 is 0 Å². The third-order valence-electron chi connectivity index (χ3n) is 3.11. The number of carbonyl (C=O) groups excluding carboxylic acids is 1. The summed E-state index contributed by atoms with van der Waals surface area (Å²) in [6, 6.07) is 0. The maximum atomic E-state index is 11.5. The molecule has 0 saturated carbocycles. The summed E-state index contributed by atoms with van der Waals surface area (Å²) in [6.45, 7) is 7.14. The van der Waals surface area contributed by atoms with E-state index in [0.29, 0.717) is 6.42 Å². The number of unbranched alkanes of at least 4 members (excludes halogenated alkanes) is 6. The van der Waals surface area contributed by atoms with Gasteiger partial charge in [-0.15, -0.1) is 0 Å². The molecule has 0 spiro atoms. The van der Waals surface area contributed by atoms with Crippen LogP contribution in [0.3, 0.4) is 0 Å². The molecule has 0 rings (SSSR count). The van der Waals surface area contributed by atoms with Crippen LogP contribution in [-0.2, 0) is 4.79 Å². The van der Waals surface area contributed by atoms with E-state index in [9.17, 15) is 4.79 Å². The summed E-state index contributed by atoms with van der Waals surface area (Å²) in [6.07, 6.45) is 10.6. The van der Waals surface area contributed by atoms with E-state index in [1.54, 1.807) is 0 Å².